The molecule has 3 heterocycles. The molecule has 0 bridgehead atoms. The van der Waals surface area contributed by atoms with E-state index in [1.807, 2.05) is 18.2 Å². The molecule has 3 rings (SSSR count). The molecule has 0 aromatic carbocycles. The van der Waals surface area contributed by atoms with Crippen molar-refractivity contribution in [2.45, 2.75) is 36.0 Å². The molecule has 1 amide bonds. The summed E-state index contributed by atoms with van der Waals surface area (Å²) in [5, 5.41) is 18.1. The van der Waals surface area contributed by atoms with Gasteiger partial charge in [-0.1, -0.05) is 6.07 Å². The maximum Gasteiger partial charge on any atom is 0.279 e. The molecule has 26 heavy (non-hydrogen) atoms. The fraction of sp³-hybridized carbons (Fsp3) is 0.625. The zero-order valence-corrected chi connectivity index (χ0v) is 15.1. The lowest BCUT2D eigenvalue weighted by atomic mass is 9.94. The Morgan fingerprint density at radius 3 is 2.65 bits per heavy atom. The molecular weight excluding hydrogens is 362 g/mol. The van der Waals surface area contributed by atoms with Crippen LogP contribution in [0.2, 0.25) is 0 Å². The molecular formula is C16H23N3O6S. The number of sulfonamides is 1. The van der Waals surface area contributed by atoms with Crippen molar-refractivity contribution in [3.8, 4) is 0 Å². The number of aliphatic hydroxyl groups is 1. The van der Waals surface area contributed by atoms with Crippen LogP contribution in [0.4, 0.5) is 0 Å². The molecule has 2 saturated heterocycles. The lowest BCUT2D eigenvalue weighted by Crippen LogP contribution is -2.64. The minimum Gasteiger partial charge on any atom is -0.378 e. The summed E-state index contributed by atoms with van der Waals surface area (Å²) >= 11 is 0. The number of hydroxylamine groups is 1. The van der Waals surface area contributed by atoms with Gasteiger partial charge >= 0.3 is 0 Å². The van der Waals surface area contributed by atoms with Gasteiger partial charge in [0.25, 0.3) is 5.91 Å². The van der Waals surface area contributed by atoms with Crippen LogP contribution in [-0.4, -0.2) is 71.1 Å². The number of carbonyl (C=O) groups is 1. The summed E-state index contributed by atoms with van der Waals surface area (Å²) in [7, 11) is -3.94. The Labute approximate surface area is 152 Å². The van der Waals surface area contributed by atoms with E-state index in [1.165, 1.54) is 9.79 Å². The summed E-state index contributed by atoms with van der Waals surface area (Å²) in [5.41, 5.74) is -0.0304. The van der Waals surface area contributed by atoms with E-state index in [0.717, 1.165) is 5.69 Å². The van der Waals surface area contributed by atoms with Gasteiger partial charge in [-0.2, -0.15) is 0 Å². The molecule has 2 atom stereocenters. The molecule has 9 nitrogen and oxygen atoms in total. The number of ether oxygens (including phenoxy) is 1. The summed E-state index contributed by atoms with van der Waals surface area (Å²) in [6.07, 6.45) is 2.93. The van der Waals surface area contributed by atoms with Crippen LogP contribution < -0.4 is 5.48 Å². The van der Waals surface area contributed by atoms with Crippen LogP contribution >= 0.6 is 0 Å². The monoisotopic (exact) mass is 385 g/mol. The maximum absolute atomic E-state index is 13.1. The first kappa shape index (κ1) is 19.2. The van der Waals surface area contributed by atoms with Crippen LogP contribution in [0, 0.1) is 0 Å². The first-order chi connectivity index (χ1) is 12.4. The molecule has 0 radical (unpaired) electrons. The standard InChI is InChI=1S/C16H23N3O6S/c20-15(18-22)16(21)11-25-10-6-14(16)26(23,24)19-8-4-12(5-9-19)13-3-1-2-7-17-13/h1-3,7,12,14,21-22H,4-6,8-11H2,(H,18,20). The van der Waals surface area contributed by atoms with Gasteiger partial charge in [0.05, 0.1) is 6.61 Å². The Morgan fingerprint density at radius 1 is 1.31 bits per heavy atom. The molecule has 2 unspecified atom stereocenters. The van der Waals surface area contributed by atoms with E-state index >= 15 is 0 Å². The predicted molar refractivity (Wildman–Crippen MR) is 90.8 cm³/mol. The highest BCUT2D eigenvalue weighted by Gasteiger charge is 2.54. The SMILES string of the molecule is O=C(NO)C1(O)COCCC1S(=O)(=O)N1CCC(c2ccccn2)CC1. The van der Waals surface area contributed by atoms with E-state index in [9.17, 15) is 18.3 Å². The Balaban J connectivity index is 1.75. The zero-order chi connectivity index (χ0) is 18.8. The van der Waals surface area contributed by atoms with Gasteiger partial charge in [0.2, 0.25) is 10.0 Å². The van der Waals surface area contributed by atoms with Crippen molar-refractivity contribution in [2.24, 2.45) is 0 Å². The number of aromatic nitrogens is 1. The number of hydrogen-bond acceptors (Lipinski definition) is 7. The molecule has 10 heteroatoms. The first-order valence-corrected chi connectivity index (χ1v) is 10.0. The molecule has 3 N–H and O–H groups in total. The number of rotatable bonds is 4. The Bertz CT molecular complexity index is 736. The molecule has 2 aliphatic rings. The summed E-state index contributed by atoms with van der Waals surface area (Å²) in [6, 6.07) is 5.67. The third-order valence-electron chi connectivity index (χ3n) is 5.15. The molecule has 144 valence electrons. The van der Waals surface area contributed by atoms with Crippen LogP contribution in [0.5, 0.6) is 0 Å². The average Bonchev–Trinajstić information content (AvgIpc) is 2.68. The third kappa shape index (κ3) is 3.47. The number of nitrogens with one attached hydrogen (secondary N) is 1. The molecule has 2 aliphatic heterocycles. The first-order valence-electron chi connectivity index (χ1n) is 8.54. The van der Waals surface area contributed by atoms with Gasteiger partial charge in [0.15, 0.2) is 5.60 Å². The van der Waals surface area contributed by atoms with Crippen LogP contribution in [0.3, 0.4) is 0 Å². The topological polar surface area (TPSA) is 129 Å². The van der Waals surface area contributed by atoms with E-state index in [-0.39, 0.29) is 32.0 Å². The molecule has 1 aromatic rings. The fourth-order valence-electron chi connectivity index (χ4n) is 3.66. The Kier molecular flexibility index (Phi) is 5.58. The minimum atomic E-state index is -3.94. The van der Waals surface area contributed by atoms with Gasteiger partial charge in [0, 0.05) is 37.5 Å². The lowest BCUT2D eigenvalue weighted by Gasteiger charge is -2.41. The van der Waals surface area contributed by atoms with E-state index in [2.05, 4.69) is 4.98 Å². The number of amides is 1. The molecule has 0 saturated carbocycles. The van der Waals surface area contributed by atoms with Gasteiger partial charge < -0.3 is 9.84 Å². The second-order valence-electron chi connectivity index (χ2n) is 6.67. The molecule has 0 spiro atoms. The summed E-state index contributed by atoms with van der Waals surface area (Å²) in [5.74, 6) is -0.994. The van der Waals surface area contributed by atoms with Crippen molar-refractivity contribution in [3.05, 3.63) is 30.1 Å². The quantitative estimate of drug-likeness (QED) is 0.476. The number of carbonyl (C=O) groups excluding carboxylic acids is 1. The van der Waals surface area contributed by atoms with Crippen molar-refractivity contribution in [3.63, 3.8) is 0 Å². The summed E-state index contributed by atoms with van der Waals surface area (Å²) < 4.78 is 32.5. The van der Waals surface area contributed by atoms with Gasteiger partial charge in [-0.3, -0.25) is 15.0 Å². The van der Waals surface area contributed by atoms with E-state index < -0.39 is 33.4 Å². The number of piperidine rings is 1. The largest absolute Gasteiger partial charge is 0.378 e. The van der Waals surface area contributed by atoms with Crippen molar-refractivity contribution in [1.29, 1.82) is 0 Å². The third-order valence-corrected chi connectivity index (χ3v) is 7.58. The second-order valence-corrected chi connectivity index (χ2v) is 8.78. The van der Waals surface area contributed by atoms with Crippen LogP contribution in [-0.2, 0) is 19.6 Å². The van der Waals surface area contributed by atoms with Crippen LogP contribution in [0.1, 0.15) is 30.9 Å². The fourth-order valence-corrected chi connectivity index (χ4v) is 5.80. The highest BCUT2D eigenvalue weighted by Crippen LogP contribution is 2.33. The van der Waals surface area contributed by atoms with Gasteiger partial charge in [-0.15, -0.1) is 0 Å². The molecule has 0 aliphatic carbocycles. The smallest absolute Gasteiger partial charge is 0.279 e. The number of nitrogens with zero attached hydrogens (tertiary/aromatic N) is 2. The van der Waals surface area contributed by atoms with Crippen LogP contribution in [0.25, 0.3) is 0 Å². The van der Waals surface area contributed by atoms with E-state index in [0.29, 0.717) is 12.8 Å². The normalized spacial score (nSPS) is 28.6. The van der Waals surface area contributed by atoms with Crippen molar-refractivity contribution >= 4 is 15.9 Å². The van der Waals surface area contributed by atoms with Crippen molar-refractivity contribution in [1.82, 2.24) is 14.8 Å². The number of pyridine rings is 1. The van der Waals surface area contributed by atoms with Crippen LogP contribution in [0.15, 0.2) is 24.4 Å². The molecule has 2 fully saturated rings. The second kappa shape index (κ2) is 7.57. The summed E-state index contributed by atoms with van der Waals surface area (Å²) in [4.78, 5) is 16.2. The lowest BCUT2D eigenvalue weighted by molar-refractivity contribution is -0.161. The maximum atomic E-state index is 13.1. The highest BCUT2D eigenvalue weighted by molar-refractivity contribution is 7.89. The molecule has 1 aromatic heterocycles. The Hall–Kier alpha value is -1.59. The minimum absolute atomic E-state index is 0.0214. The van der Waals surface area contributed by atoms with Crippen molar-refractivity contribution in [2.75, 3.05) is 26.3 Å². The predicted octanol–water partition coefficient (Wildman–Crippen LogP) is -0.384. The summed E-state index contributed by atoms with van der Waals surface area (Å²) in [6.45, 7) is 0.221. The zero-order valence-electron chi connectivity index (χ0n) is 14.2. The van der Waals surface area contributed by atoms with E-state index in [4.69, 9.17) is 9.94 Å². The average molecular weight is 385 g/mol. The highest BCUT2D eigenvalue weighted by atomic mass is 32.2. The van der Waals surface area contributed by atoms with Crippen molar-refractivity contribution < 1.29 is 28.3 Å². The Morgan fingerprint density at radius 2 is 2.04 bits per heavy atom. The van der Waals surface area contributed by atoms with E-state index in [1.54, 1.807) is 6.20 Å². The number of hydrogen-bond donors (Lipinski definition) is 3. The van der Waals surface area contributed by atoms with Gasteiger partial charge in [-0.05, 0) is 31.4 Å². The van der Waals surface area contributed by atoms with Gasteiger partial charge in [-0.25, -0.2) is 18.2 Å². The van der Waals surface area contributed by atoms with Gasteiger partial charge in [0.1, 0.15) is 5.25 Å².